The summed E-state index contributed by atoms with van der Waals surface area (Å²) in [4.78, 5) is 0. The maximum atomic E-state index is 5.98. The van der Waals surface area contributed by atoms with E-state index in [9.17, 15) is 0 Å². The van der Waals surface area contributed by atoms with Gasteiger partial charge in [0.25, 0.3) is 0 Å². The van der Waals surface area contributed by atoms with Gasteiger partial charge in [-0.05, 0) is 25.2 Å². The number of hydrogen-bond donors (Lipinski definition) is 0. The molecule has 12 heavy (non-hydrogen) atoms. The highest BCUT2D eigenvalue weighted by molar-refractivity contribution is 6.20. The lowest BCUT2D eigenvalue weighted by molar-refractivity contribution is 0.295. The predicted octanol–water partition coefficient (Wildman–Crippen LogP) is 4.61. The van der Waals surface area contributed by atoms with E-state index >= 15 is 0 Å². The van der Waals surface area contributed by atoms with Crippen LogP contribution in [-0.4, -0.2) is 5.38 Å². The van der Waals surface area contributed by atoms with Crippen LogP contribution in [0.1, 0.15) is 59.8 Å². The molecule has 0 rings (SSSR count). The molecule has 1 heteroatoms. The van der Waals surface area contributed by atoms with Gasteiger partial charge in [0.15, 0.2) is 0 Å². The molecule has 0 bridgehead atoms. The standard InChI is InChI=1S/C11H23Cl/c1-5-6-7-8-11(3,4)9-10(2)12/h10H,5-9H2,1-4H3. The Morgan fingerprint density at radius 1 is 1.25 bits per heavy atom. The summed E-state index contributed by atoms with van der Waals surface area (Å²) in [5.41, 5.74) is 0.441. The quantitative estimate of drug-likeness (QED) is 0.424. The smallest absolute Gasteiger partial charge is 0.0312 e. The molecular weight excluding hydrogens is 168 g/mol. The minimum Gasteiger partial charge on any atom is -0.123 e. The van der Waals surface area contributed by atoms with Crippen LogP contribution >= 0.6 is 11.6 Å². The van der Waals surface area contributed by atoms with E-state index in [1.165, 1.54) is 25.7 Å². The molecule has 0 aliphatic rings. The van der Waals surface area contributed by atoms with E-state index < -0.39 is 0 Å². The summed E-state index contributed by atoms with van der Waals surface area (Å²) in [6, 6.07) is 0. The number of hydrogen-bond acceptors (Lipinski definition) is 0. The minimum atomic E-state index is 0.321. The van der Waals surface area contributed by atoms with Gasteiger partial charge in [-0.1, -0.05) is 40.0 Å². The molecular formula is C11H23Cl. The van der Waals surface area contributed by atoms with E-state index in [1.807, 2.05) is 0 Å². The normalized spacial score (nSPS) is 14.8. The van der Waals surface area contributed by atoms with E-state index in [1.54, 1.807) is 0 Å². The summed E-state index contributed by atoms with van der Waals surface area (Å²) < 4.78 is 0. The van der Waals surface area contributed by atoms with E-state index in [-0.39, 0.29) is 0 Å². The Bertz CT molecular complexity index is 106. The second-order valence-corrected chi connectivity index (χ2v) is 5.35. The van der Waals surface area contributed by atoms with Gasteiger partial charge in [-0.3, -0.25) is 0 Å². The zero-order valence-corrected chi connectivity index (χ0v) is 9.75. The molecule has 1 unspecified atom stereocenters. The van der Waals surface area contributed by atoms with Crippen molar-refractivity contribution in [2.45, 2.75) is 65.2 Å². The van der Waals surface area contributed by atoms with Gasteiger partial charge in [0, 0.05) is 5.38 Å². The van der Waals surface area contributed by atoms with Gasteiger partial charge < -0.3 is 0 Å². The summed E-state index contributed by atoms with van der Waals surface area (Å²) in [6.07, 6.45) is 6.48. The van der Waals surface area contributed by atoms with Crippen LogP contribution in [0.15, 0.2) is 0 Å². The van der Waals surface area contributed by atoms with Gasteiger partial charge >= 0.3 is 0 Å². The van der Waals surface area contributed by atoms with Gasteiger partial charge in [-0.2, -0.15) is 0 Å². The molecule has 0 nitrogen and oxygen atoms in total. The fourth-order valence-corrected chi connectivity index (χ4v) is 2.13. The first-order valence-corrected chi connectivity index (χ1v) is 5.55. The molecule has 1 atom stereocenters. The second kappa shape index (κ2) is 5.85. The van der Waals surface area contributed by atoms with E-state index in [2.05, 4.69) is 27.7 Å². The maximum Gasteiger partial charge on any atom is 0.0312 e. The number of alkyl halides is 1. The Morgan fingerprint density at radius 2 is 1.83 bits per heavy atom. The van der Waals surface area contributed by atoms with Gasteiger partial charge in [-0.25, -0.2) is 0 Å². The van der Waals surface area contributed by atoms with Crippen molar-refractivity contribution < 1.29 is 0 Å². The SMILES string of the molecule is CCCCCC(C)(C)CC(C)Cl. The summed E-state index contributed by atoms with van der Waals surface area (Å²) in [6.45, 7) is 8.98. The van der Waals surface area contributed by atoms with Crippen molar-refractivity contribution in [2.75, 3.05) is 0 Å². The van der Waals surface area contributed by atoms with Crippen molar-refractivity contribution in [3.63, 3.8) is 0 Å². The molecule has 0 aliphatic carbocycles. The fraction of sp³-hybridized carbons (Fsp3) is 1.00. The Labute approximate surface area is 82.7 Å². The highest BCUT2D eigenvalue weighted by Crippen LogP contribution is 2.30. The van der Waals surface area contributed by atoms with E-state index in [0.717, 1.165) is 6.42 Å². The molecule has 0 aromatic heterocycles. The number of rotatable bonds is 6. The average Bonchev–Trinajstić information content (AvgIpc) is 1.84. The second-order valence-electron chi connectivity index (χ2n) is 4.61. The monoisotopic (exact) mass is 190 g/mol. The van der Waals surface area contributed by atoms with Crippen molar-refractivity contribution in [3.8, 4) is 0 Å². The zero-order valence-electron chi connectivity index (χ0n) is 8.99. The molecule has 0 N–H and O–H groups in total. The number of halogens is 1. The predicted molar refractivity (Wildman–Crippen MR) is 57.9 cm³/mol. The molecule has 0 saturated heterocycles. The molecule has 74 valence electrons. The van der Waals surface area contributed by atoms with Crippen LogP contribution in [0.25, 0.3) is 0 Å². The first-order valence-electron chi connectivity index (χ1n) is 5.12. The van der Waals surface area contributed by atoms with Crippen LogP contribution in [0.4, 0.5) is 0 Å². The van der Waals surface area contributed by atoms with Crippen molar-refractivity contribution in [2.24, 2.45) is 5.41 Å². The van der Waals surface area contributed by atoms with Crippen molar-refractivity contribution in [3.05, 3.63) is 0 Å². The molecule has 0 fully saturated rings. The van der Waals surface area contributed by atoms with Crippen molar-refractivity contribution >= 4 is 11.6 Å². The van der Waals surface area contributed by atoms with Crippen LogP contribution in [-0.2, 0) is 0 Å². The largest absolute Gasteiger partial charge is 0.123 e. The minimum absolute atomic E-state index is 0.321. The van der Waals surface area contributed by atoms with Gasteiger partial charge in [0.1, 0.15) is 0 Å². The highest BCUT2D eigenvalue weighted by Gasteiger charge is 2.19. The highest BCUT2D eigenvalue weighted by atomic mass is 35.5. The molecule has 0 radical (unpaired) electrons. The third-order valence-corrected chi connectivity index (χ3v) is 2.45. The van der Waals surface area contributed by atoms with Crippen LogP contribution in [0.3, 0.4) is 0 Å². The van der Waals surface area contributed by atoms with E-state index in [0.29, 0.717) is 10.8 Å². The lowest BCUT2D eigenvalue weighted by atomic mass is 9.83. The average molecular weight is 191 g/mol. The maximum absolute atomic E-state index is 5.98. The first kappa shape index (κ1) is 12.3. The Kier molecular flexibility index (Phi) is 6.00. The third-order valence-electron chi connectivity index (χ3n) is 2.29. The first-order chi connectivity index (χ1) is 5.48. The fourth-order valence-electron chi connectivity index (χ4n) is 1.72. The van der Waals surface area contributed by atoms with Crippen LogP contribution in [0, 0.1) is 5.41 Å². The third kappa shape index (κ3) is 6.97. The van der Waals surface area contributed by atoms with Gasteiger partial charge in [0.05, 0.1) is 0 Å². The molecule has 0 heterocycles. The molecule has 0 aromatic carbocycles. The van der Waals surface area contributed by atoms with E-state index in [4.69, 9.17) is 11.6 Å². The molecule has 0 amide bonds. The zero-order chi connectivity index (χ0) is 9.61. The Balaban J connectivity index is 3.56. The van der Waals surface area contributed by atoms with Crippen LogP contribution in [0.5, 0.6) is 0 Å². The number of unbranched alkanes of at least 4 members (excludes halogenated alkanes) is 2. The van der Waals surface area contributed by atoms with Crippen LogP contribution < -0.4 is 0 Å². The molecule has 0 spiro atoms. The van der Waals surface area contributed by atoms with Crippen molar-refractivity contribution in [1.29, 1.82) is 0 Å². The topological polar surface area (TPSA) is 0 Å². The van der Waals surface area contributed by atoms with Crippen molar-refractivity contribution in [1.82, 2.24) is 0 Å². The van der Waals surface area contributed by atoms with Crippen LogP contribution in [0.2, 0.25) is 0 Å². The Morgan fingerprint density at radius 3 is 2.25 bits per heavy atom. The lowest BCUT2D eigenvalue weighted by Gasteiger charge is -2.25. The van der Waals surface area contributed by atoms with Gasteiger partial charge in [0.2, 0.25) is 0 Å². The lowest BCUT2D eigenvalue weighted by Crippen LogP contribution is -2.15. The molecule has 0 aromatic rings. The molecule has 0 saturated carbocycles. The summed E-state index contributed by atoms with van der Waals surface area (Å²) in [5, 5.41) is 0.321. The summed E-state index contributed by atoms with van der Waals surface area (Å²) >= 11 is 5.98. The molecule has 0 aliphatic heterocycles. The van der Waals surface area contributed by atoms with Gasteiger partial charge in [-0.15, -0.1) is 11.6 Å². The Hall–Kier alpha value is 0.290. The summed E-state index contributed by atoms with van der Waals surface area (Å²) in [5.74, 6) is 0. The summed E-state index contributed by atoms with van der Waals surface area (Å²) in [7, 11) is 0.